The first-order chi connectivity index (χ1) is 12.8. The van der Waals surface area contributed by atoms with Crippen molar-refractivity contribution in [2.75, 3.05) is 18.4 Å². The van der Waals surface area contributed by atoms with E-state index in [2.05, 4.69) is 5.32 Å². The van der Waals surface area contributed by atoms with Crippen molar-refractivity contribution >= 4 is 58.0 Å². The number of halogens is 5. The van der Waals surface area contributed by atoms with Gasteiger partial charge in [0, 0.05) is 23.7 Å². The molecule has 2 aromatic rings. The van der Waals surface area contributed by atoms with Crippen molar-refractivity contribution in [1.29, 1.82) is 0 Å². The van der Waals surface area contributed by atoms with E-state index >= 15 is 0 Å². The Morgan fingerprint density at radius 2 is 1.85 bits per heavy atom. The zero-order chi connectivity index (χ0) is 19.6. The second-order valence-electron chi connectivity index (χ2n) is 6.51. The molecule has 0 bridgehead atoms. The Morgan fingerprint density at radius 1 is 1.11 bits per heavy atom. The van der Waals surface area contributed by atoms with Gasteiger partial charge in [-0.3, -0.25) is 9.69 Å². The Kier molecular flexibility index (Phi) is 6.88. The fourth-order valence-corrected chi connectivity index (χ4v) is 3.99. The van der Waals surface area contributed by atoms with Crippen LogP contribution in [0.1, 0.15) is 18.4 Å². The summed E-state index contributed by atoms with van der Waals surface area (Å²) in [5.41, 5.74) is 0.873. The van der Waals surface area contributed by atoms with E-state index < -0.39 is 0 Å². The summed E-state index contributed by atoms with van der Waals surface area (Å²) in [5.74, 6) is -0.730. The highest BCUT2D eigenvalue weighted by Crippen LogP contribution is 2.33. The van der Waals surface area contributed by atoms with E-state index in [1.807, 2.05) is 4.90 Å². The van der Waals surface area contributed by atoms with Gasteiger partial charge in [0.25, 0.3) is 0 Å². The molecule has 27 heavy (non-hydrogen) atoms. The molecule has 1 amide bonds. The van der Waals surface area contributed by atoms with Crippen LogP contribution in [0, 0.1) is 11.7 Å². The summed E-state index contributed by atoms with van der Waals surface area (Å²) in [5, 5.41) is 4.17. The third kappa shape index (κ3) is 5.07. The summed E-state index contributed by atoms with van der Waals surface area (Å²) in [6.07, 6.45) is 1.57. The van der Waals surface area contributed by atoms with Gasteiger partial charge in [-0.2, -0.15) is 0 Å². The lowest BCUT2D eigenvalue weighted by Gasteiger charge is -2.32. The molecule has 3 rings (SSSR count). The second kappa shape index (κ2) is 8.97. The molecule has 1 aliphatic heterocycles. The molecule has 8 heteroatoms. The Hall–Kier alpha value is -1.04. The van der Waals surface area contributed by atoms with Gasteiger partial charge in [0.05, 0.1) is 26.7 Å². The Morgan fingerprint density at radius 3 is 2.59 bits per heavy atom. The number of piperidine rings is 1. The van der Waals surface area contributed by atoms with Gasteiger partial charge in [-0.05, 0) is 43.7 Å². The number of amides is 1. The summed E-state index contributed by atoms with van der Waals surface area (Å²) in [6.45, 7) is 1.65. The van der Waals surface area contributed by atoms with Crippen molar-refractivity contribution in [2.24, 2.45) is 5.92 Å². The average molecular weight is 450 g/mol. The highest BCUT2D eigenvalue weighted by molar-refractivity contribution is 6.44. The van der Waals surface area contributed by atoms with Crippen molar-refractivity contribution in [3.05, 3.63) is 61.8 Å². The third-order valence-corrected chi connectivity index (χ3v) is 5.98. The molecule has 0 aliphatic carbocycles. The van der Waals surface area contributed by atoms with Crippen molar-refractivity contribution in [3.8, 4) is 0 Å². The molecule has 2 aromatic carbocycles. The third-order valence-electron chi connectivity index (χ3n) is 4.59. The number of hydrogen-bond acceptors (Lipinski definition) is 2. The molecule has 0 aromatic heterocycles. The highest BCUT2D eigenvalue weighted by Gasteiger charge is 2.27. The zero-order valence-corrected chi connectivity index (χ0v) is 17.3. The van der Waals surface area contributed by atoms with Crippen LogP contribution in [0.4, 0.5) is 10.1 Å². The molecule has 0 radical (unpaired) electrons. The molecule has 144 valence electrons. The van der Waals surface area contributed by atoms with Gasteiger partial charge in [-0.1, -0.05) is 52.5 Å². The van der Waals surface area contributed by atoms with Crippen molar-refractivity contribution in [1.82, 2.24) is 4.90 Å². The summed E-state index contributed by atoms with van der Waals surface area (Å²) in [6, 6.07) is 7.66. The lowest BCUT2D eigenvalue weighted by molar-refractivity contribution is -0.121. The maximum atomic E-state index is 14.0. The minimum Gasteiger partial charge on any atom is -0.324 e. The van der Waals surface area contributed by atoms with Gasteiger partial charge < -0.3 is 5.32 Å². The first-order valence-electron chi connectivity index (χ1n) is 8.46. The monoisotopic (exact) mass is 448 g/mol. The topological polar surface area (TPSA) is 32.3 Å². The average Bonchev–Trinajstić information content (AvgIpc) is 2.63. The second-order valence-corrected chi connectivity index (χ2v) is 8.14. The first-order valence-corrected chi connectivity index (χ1v) is 9.97. The Labute approximate surface area is 177 Å². The number of rotatable bonds is 4. The smallest absolute Gasteiger partial charge is 0.228 e. The van der Waals surface area contributed by atoms with Crippen LogP contribution < -0.4 is 5.32 Å². The molecular weight excluding hydrogens is 433 g/mol. The number of hydrogen-bond donors (Lipinski definition) is 1. The molecule has 0 spiro atoms. The van der Waals surface area contributed by atoms with Crippen LogP contribution in [0.15, 0.2) is 30.3 Å². The van der Waals surface area contributed by atoms with Crippen LogP contribution in [0.5, 0.6) is 0 Å². The number of carbonyl (C=O) groups is 1. The maximum Gasteiger partial charge on any atom is 0.228 e. The van der Waals surface area contributed by atoms with Crippen LogP contribution in [0.2, 0.25) is 20.1 Å². The quantitative estimate of drug-likeness (QED) is 0.556. The number of likely N-dealkylation sites (tertiary alicyclic amines) is 1. The van der Waals surface area contributed by atoms with E-state index in [9.17, 15) is 9.18 Å². The number of nitrogens with one attached hydrogen (secondary N) is 1. The summed E-state index contributed by atoms with van der Waals surface area (Å²) in [4.78, 5) is 14.7. The highest BCUT2D eigenvalue weighted by atomic mass is 35.5. The van der Waals surface area contributed by atoms with Gasteiger partial charge in [-0.15, -0.1) is 0 Å². The molecule has 1 heterocycles. The zero-order valence-electron chi connectivity index (χ0n) is 14.2. The largest absolute Gasteiger partial charge is 0.324 e. The fraction of sp³-hybridized carbons (Fsp3) is 0.316. The van der Waals surface area contributed by atoms with Crippen LogP contribution in [0.3, 0.4) is 0 Å². The van der Waals surface area contributed by atoms with Gasteiger partial charge in [0.2, 0.25) is 5.91 Å². The molecule has 1 saturated heterocycles. The van der Waals surface area contributed by atoms with E-state index in [-0.39, 0.29) is 17.6 Å². The Bertz CT molecular complexity index is 842. The predicted molar refractivity (Wildman–Crippen MR) is 110 cm³/mol. The van der Waals surface area contributed by atoms with Crippen molar-refractivity contribution < 1.29 is 9.18 Å². The van der Waals surface area contributed by atoms with Crippen LogP contribution >= 0.6 is 46.4 Å². The number of benzene rings is 2. The molecule has 1 fully saturated rings. The van der Waals surface area contributed by atoms with Crippen molar-refractivity contribution in [2.45, 2.75) is 19.4 Å². The molecule has 3 nitrogen and oxygen atoms in total. The Balaban J connectivity index is 1.67. The molecule has 0 saturated carbocycles. The molecule has 1 aliphatic rings. The van der Waals surface area contributed by atoms with Gasteiger partial charge in [-0.25, -0.2) is 4.39 Å². The van der Waals surface area contributed by atoms with Crippen LogP contribution in [0.25, 0.3) is 0 Å². The van der Waals surface area contributed by atoms with Crippen molar-refractivity contribution in [3.63, 3.8) is 0 Å². The number of carbonyl (C=O) groups excluding carboxylic acids is 1. The standard InChI is InChI=1S/C19H17Cl4FN2O/c20-13-4-1-5-17(24)12(13)10-26-6-2-3-11(9-26)19(27)25-18-8-15(22)14(21)7-16(18)23/h1,4-5,7-8,11H,2-3,6,9-10H2,(H,25,27). The lowest BCUT2D eigenvalue weighted by atomic mass is 9.96. The summed E-state index contributed by atoms with van der Waals surface area (Å²) < 4.78 is 14.0. The predicted octanol–water partition coefficient (Wildman–Crippen LogP) is 6.29. The van der Waals surface area contributed by atoms with E-state index in [1.54, 1.807) is 12.1 Å². The normalized spacial score (nSPS) is 17.7. The minimum absolute atomic E-state index is 0.153. The molecule has 1 atom stereocenters. The lowest BCUT2D eigenvalue weighted by Crippen LogP contribution is -2.40. The van der Waals surface area contributed by atoms with E-state index in [0.29, 0.717) is 44.4 Å². The van der Waals surface area contributed by atoms with Gasteiger partial charge in [0.1, 0.15) is 5.82 Å². The molecule has 1 unspecified atom stereocenters. The molecular formula is C19H17Cl4FN2O. The van der Waals surface area contributed by atoms with E-state index in [4.69, 9.17) is 46.4 Å². The number of nitrogens with zero attached hydrogens (tertiary/aromatic N) is 1. The summed E-state index contributed by atoms with van der Waals surface area (Å²) >= 11 is 24.2. The summed E-state index contributed by atoms with van der Waals surface area (Å²) in [7, 11) is 0. The van der Waals surface area contributed by atoms with Crippen LogP contribution in [-0.4, -0.2) is 23.9 Å². The van der Waals surface area contributed by atoms with Gasteiger partial charge in [0.15, 0.2) is 0 Å². The van der Waals surface area contributed by atoms with E-state index in [1.165, 1.54) is 18.2 Å². The molecule has 1 N–H and O–H groups in total. The van der Waals surface area contributed by atoms with Crippen LogP contribution in [-0.2, 0) is 11.3 Å². The maximum absolute atomic E-state index is 14.0. The first kappa shape index (κ1) is 20.7. The number of anilines is 1. The fourth-order valence-electron chi connectivity index (χ4n) is 3.17. The SMILES string of the molecule is O=C(Nc1cc(Cl)c(Cl)cc1Cl)C1CCCN(Cc2c(F)cccc2Cl)C1. The van der Waals surface area contributed by atoms with Gasteiger partial charge >= 0.3 is 0 Å². The minimum atomic E-state index is -0.336. The van der Waals surface area contributed by atoms with E-state index in [0.717, 1.165) is 19.4 Å².